The van der Waals surface area contributed by atoms with Gasteiger partial charge in [-0.1, -0.05) is 0 Å². The molecule has 0 aliphatic carbocycles. The van der Waals surface area contributed by atoms with Gasteiger partial charge in [0.25, 0.3) is 0 Å². The maximum absolute atomic E-state index is 6.28. The van der Waals surface area contributed by atoms with E-state index in [0.29, 0.717) is 5.15 Å². The standard InChI is InChI=1S/C6H5ClN.3C4H9.Sn/c1-5-2-3-8-6(7)4-5;3*1-3-4-2;/h2,4H,1H3;3*1,3-4H2,2H3;. The van der Waals surface area contributed by atoms with Crippen molar-refractivity contribution in [2.24, 2.45) is 0 Å². The molecule has 1 nitrogen and oxygen atoms in total. The molecule has 0 N–H and O–H groups in total. The molecular formula is C18H32ClNSn. The van der Waals surface area contributed by atoms with Crippen LogP contribution in [0.4, 0.5) is 0 Å². The second-order valence-electron chi connectivity index (χ2n) is 6.44. The molecule has 1 aromatic heterocycles. The summed E-state index contributed by atoms with van der Waals surface area (Å²) < 4.78 is 5.82. The van der Waals surface area contributed by atoms with Crippen LogP contribution in [0.25, 0.3) is 0 Å². The van der Waals surface area contributed by atoms with E-state index in [-0.39, 0.29) is 0 Å². The molecular weight excluding hydrogens is 384 g/mol. The molecule has 0 aliphatic rings. The summed E-state index contributed by atoms with van der Waals surface area (Å²) in [5.41, 5.74) is 1.29. The summed E-state index contributed by atoms with van der Waals surface area (Å²) in [6.45, 7) is 9.10. The van der Waals surface area contributed by atoms with Gasteiger partial charge in [0.05, 0.1) is 0 Å². The average molecular weight is 417 g/mol. The molecule has 0 unspecified atom stereocenters. The summed E-state index contributed by atoms with van der Waals surface area (Å²) >= 11 is 3.90. The number of hydrogen-bond acceptors (Lipinski definition) is 1. The van der Waals surface area contributed by atoms with Crippen LogP contribution in [0, 0.1) is 6.92 Å². The molecule has 0 amide bonds. The van der Waals surface area contributed by atoms with Crippen LogP contribution >= 0.6 is 11.6 Å². The Labute approximate surface area is 140 Å². The third kappa shape index (κ3) is 6.09. The first kappa shape index (κ1) is 19.3. The van der Waals surface area contributed by atoms with Crippen molar-refractivity contribution in [2.45, 2.75) is 79.5 Å². The van der Waals surface area contributed by atoms with Crippen LogP contribution in [0.5, 0.6) is 0 Å². The number of aromatic nitrogens is 1. The van der Waals surface area contributed by atoms with E-state index in [4.69, 9.17) is 16.6 Å². The van der Waals surface area contributed by atoms with Crippen molar-refractivity contribution in [3.63, 3.8) is 0 Å². The number of nitrogens with zero attached hydrogens (tertiary/aromatic N) is 1. The fourth-order valence-corrected chi connectivity index (χ4v) is 19.4. The molecule has 1 rings (SSSR count). The van der Waals surface area contributed by atoms with E-state index < -0.39 is 18.4 Å². The topological polar surface area (TPSA) is 12.9 Å². The van der Waals surface area contributed by atoms with Crippen molar-refractivity contribution in [1.82, 2.24) is 4.98 Å². The Morgan fingerprint density at radius 3 is 1.76 bits per heavy atom. The molecule has 1 heterocycles. The minimum absolute atomic E-state index is 0.704. The first-order valence-electron chi connectivity index (χ1n) is 8.72. The van der Waals surface area contributed by atoms with Gasteiger partial charge in [-0.2, -0.15) is 0 Å². The predicted octanol–water partition coefficient (Wildman–Crippen LogP) is 6.10. The van der Waals surface area contributed by atoms with Crippen molar-refractivity contribution in [3.05, 3.63) is 22.8 Å². The Morgan fingerprint density at radius 2 is 1.38 bits per heavy atom. The Hall–Kier alpha value is 0.239. The zero-order valence-corrected chi connectivity index (χ0v) is 18.0. The molecule has 21 heavy (non-hydrogen) atoms. The molecule has 0 saturated heterocycles. The van der Waals surface area contributed by atoms with Gasteiger partial charge in [0.15, 0.2) is 0 Å². The Balaban J connectivity index is 3.15. The van der Waals surface area contributed by atoms with E-state index in [0.717, 1.165) is 0 Å². The van der Waals surface area contributed by atoms with Gasteiger partial charge in [-0.05, 0) is 0 Å². The van der Waals surface area contributed by atoms with Crippen LogP contribution in [0.15, 0.2) is 12.1 Å². The van der Waals surface area contributed by atoms with Gasteiger partial charge in [0.1, 0.15) is 0 Å². The quantitative estimate of drug-likeness (QED) is 0.332. The van der Waals surface area contributed by atoms with Crippen molar-refractivity contribution in [3.8, 4) is 0 Å². The zero-order chi connectivity index (χ0) is 15.7. The fourth-order valence-electron chi connectivity index (χ4n) is 3.20. The average Bonchev–Trinajstić information content (AvgIpc) is 2.46. The van der Waals surface area contributed by atoms with Crippen molar-refractivity contribution in [1.29, 1.82) is 0 Å². The van der Waals surface area contributed by atoms with E-state index >= 15 is 0 Å². The number of halogens is 1. The van der Waals surface area contributed by atoms with E-state index in [1.165, 1.54) is 61.1 Å². The van der Waals surface area contributed by atoms with Gasteiger partial charge in [-0.25, -0.2) is 0 Å². The maximum atomic E-state index is 6.28. The number of pyridine rings is 1. The van der Waals surface area contributed by atoms with Crippen molar-refractivity contribution < 1.29 is 0 Å². The Morgan fingerprint density at radius 1 is 0.905 bits per heavy atom. The van der Waals surface area contributed by atoms with E-state index in [1.807, 2.05) is 6.07 Å². The second-order valence-corrected chi connectivity index (χ2v) is 19.9. The fraction of sp³-hybridized carbons (Fsp3) is 0.722. The summed E-state index contributed by atoms with van der Waals surface area (Å²) in [6, 6.07) is 4.37. The van der Waals surface area contributed by atoms with Gasteiger partial charge in [0, 0.05) is 0 Å². The number of rotatable bonds is 10. The Kier molecular flexibility index (Phi) is 9.27. The molecule has 0 fully saturated rings. The molecule has 120 valence electrons. The molecule has 0 aliphatic heterocycles. The third-order valence-electron chi connectivity index (χ3n) is 4.51. The molecule has 0 atom stereocenters. The summed E-state index contributed by atoms with van der Waals surface area (Å²) in [6.07, 6.45) is 8.02. The number of aryl methyl sites for hydroxylation is 1. The van der Waals surface area contributed by atoms with E-state index in [9.17, 15) is 0 Å². The van der Waals surface area contributed by atoms with Gasteiger partial charge in [-0.3, -0.25) is 0 Å². The van der Waals surface area contributed by atoms with Gasteiger partial charge in [0.2, 0.25) is 0 Å². The van der Waals surface area contributed by atoms with Crippen LogP contribution in [-0.2, 0) is 0 Å². The number of hydrogen-bond donors (Lipinski definition) is 0. The molecule has 0 bridgehead atoms. The van der Waals surface area contributed by atoms with Crippen LogP contribution in [0.2, 0.25) is 18.5 Å². The third-order valence-corrected chi connectivity index (χ3v) is 19.8. The van der Waals surface area contributed by atoms with Crippen LogP contribution < -0.4 is 3.71 Å². The molecule has 0 aromatic carbocycles. The first-order chi connectivity index (χ1) is 10.1. The SMILES string of the molecule is CCC[CH2][Sn]([CH2]CCC)([CH2]CCC)[c]1cc(C)cc(Cl)n1. The van der Waals surface area contributed by atoms with Crippen molar-refractivity contribution in [2.75, 3.05) is 0 Å². The molecule has 0 radical (unpaired) electrons. The van der Waals surface area contributed by atoms with Crippen molar-refractivity contribution >= 4 is 33.7 Å². The van der Waals surface area contributed by atoms with E-state index in [1.54, 1.807) is 0 Å². The molecule has 1 aromatic rings. The van der Waals surface area contributed by atoms with Crippen LogP contribution in [0.3, 0.4) is 0 Å². The summed E-state index contributed by atoms with van der Waals surface area (Å²) in [7, 11) is 0. The van der Waals surface area contributed by atoms with Crippen LogP contribution in [0.1, 0.15) is 64.9 Å². The molecule has 3 heteroatoms. The van der Waals surface area contributed by atoms with Gasteiger partial charge in [-0.15, -0.1) is 0 Å². The zero-order valence-electron chi connectivity index (χ0n) is 14.3. The minimum atomic E-state index is -2.38. The molecule has 0 spiro atoms. The van der Waals surface area contributed by atoms with Gasteiger partial charge < -0.3 is 0 Å². The monoisotopic (exact) mass is 417 g/mol. The van der Waals surface area contributed by atoms with Crippen LogP contribution in [-0.4, -0.2) is 23.4 Å². The second kappa shape index (κ2) is 10.1. The summed E-state index contributed by atoms with van der Waals surface area (Å²) in [5, 5.41) is 0.704. The summed E-state index contributed by atoms with van der Waals surface area (Å²) in [4.78, 5) is 4.82. The van der Waals surface area contributed by atoms with Gasteiger partial charge >= 0.3 is 141 Å². The first-order valence-corrected chi connectivity index (χ1v) is 16.6. The Bertz CT molecular complexity index is 378. The predicted molar refractivity (Wildman–Crippen MR) is 98.5 cm³/mol. The van der Waals surface area contributed by atoms with E-state index in [2.05, 4.69) is 33.8 Å². The summed E-state index contributed by atoms with van der Waals surface area (Å²) in [5.74, 6) is 0. The number of unbranched alkanes of at least 4 members (excludes halogenated alkanes) is 3. The normalized spacial score (nSPS) is 11.9. The molecule has 0 saturated carbocycles.